The smallest absolute Gasteiger partial charge is 0.219 e. The normalized spacial score (nSPS) is 16.7. The summed E-state index contributed by atoms with van der Waals surface area (Å²) in [5.41, 5.74) is 3.80. The summed E-state index contributed by atoms with van der Waals surface area (Å²) in [5.74, 6) is 0.463. The van der Waals surface area contributed by atoms with Gasteiger partial charge in [0.15, 0.2) is 0 Å². The molecule has 0 fully saturated rings. The summed E-state index contributed by atoms with van der Waals surface area (Å²) in [6.07, 6.45) is 2.27. The van der Waals surface area contributed by atoms with Crippen LogP contribution in [0.15, 0.2) is 42.7 Å². The van der Waals surface area contributed by atoms with Crippen LogP contribution in [0.3, 0.4) is 0 Å². The van der Waals surface area contributed by atoms with E-state index in [4.69, 9.17) is 0 Å². The predicted molar refractivity (Wildman–Crippen MR) is 103 cm³/mol. The third kappa shape index (κ3) is 3.35. The molecule has 138 valence electrons. The molecule has 0 saturated heterocycles. The van der Waals surface area contributed by atoms with E-state index < -0.39 is 0 Å². The van der Waals surface area contributed by atoms with Gasteiger partial charge in [-0.1, -0.05) is 18.2 Å². The van der Waals surface area contributed by atoms with Crippen molar-refractivity contribution in [2.45, 2.75) is 32.9 Å². The third-order valence-corrected chi connectivity index (χ3v) is 5.16. The molecule has 3 aromatic rings. The molecule has 1 aromatic heterocycles. The van der Waals surface area contributed by atoms with Gasteiger partial charge in [0, 0.05) is 25.4 Å². The number of fused-ring (bicyclic) bond motifs is 2. The van der Waals surface area contributed by atoms with Gasteiger partial charge in [-0.25, -0.2) is 14.4 Å². The molecule has 0 saturated carbocycles. The Hall–Kier alpha value is -3.02. The molecule has 0 radical (unpaired) electrons. The lowest BCUT2D eigenvalue weighted by Gasteiger charge is -2.21. The van der Waals surface area contributed by atoms with E-state index in [1.807, 2.05) is 31.2 Å². The van der Waals surface area contributed by atoms with Crippen LogP contribution in [0.2, 0.25) is 0 Å². The first-order chi connectivity index (χ1) is 13.0. The summed E-state index contributed by atoms with van der Waals surface area (Å²) in [6.45, 7) is 4.61. The van der Waals surface area contributed by atoms with Crippen LogP contribution in [0.5, 0.6) is 0 Å². The number of hydrogen-bond donors (Lipinski definition) is 1. The van der Waals surface area contributed by atoms with E-state index in [9.17, 15) is 9.18 Å². The molecule has 27 heavy (non-hydrogen) atoms. The quantitative estimate of drug-likeness (QED) is 0.747. The molecule has 1 atom stereocenters. The van der Waals surface area contributed by atoms with Gasteiger partial charge in [-0.3, -0.25) is 4.79 Å². The number of carbonyl (C=O) groups excluding carboxylic acids is 1. The van der Waals surface area contributed by atoms with E-state index in [1.165, 1.54) is 12.1 Å². The number of nitrogens with zero attached hydrogens (tertiary/aromatic N) is 3. The van der Waals surface area contributed by atoms with Gasteiger partial charge >= 0.3 is 0 Å². The molecule has 2 aromatic carbocycles. The first kappa shape index (κ1) is 17.4. The van der Waals surface area contributed by atoms with E-state index in [-0.39, 0.29) is 17.8 Å². The highest BCUT2D eigenvalue weighted by molar-refractivity contribution is 5.91. The van der Waals surface area contributed by atoms with Crippen LogP contribution in [-0.2, 0) is 11.3 Å². The zero-order valence-corrected chi connectivity index (χ0v) is 15.4. The van der Waals surface area contributed by atoms with E-state index in [0.29, 0.717) is 13.1 Å². The molecule has 0 aliphatic carbocycles. The fraction of sp³-hybridized carbons (Fsp3) is 0.286. The van der Waals surface area contributed by atoms with Gasteiger partial charge in [0.2, 0.25) is 5.91 Å². The van der Waals surface area contributed by atoms with Crippen molar-refractivity contribution in [1.82, 2.24) is 14.9 Å². The number of anilines is 1. The number of benzene rings is 2. The molecule has 1 unspecified atom stereocenters. The average molecular weight is 364 g/mol. The molecule has 1 aliphatic heterocycles. The molecule has 1 aliphatic rings. The maximum absolute atomic E-state index is 13.8. The van der Waals surface area contributed by atoms with Crippen LogP contribution in [-0.4, -0.2) is 27.3 Å². The molecule has 1 amide bonds. The Morgan fingerprint density at radius 2 is 2.11 bits per heavy atom. The topological polar surface area (TPSA) is 58.1 Å². The van der Waals surface area contributed by atoms with Crippen molar-refractivity contribution in [3.05, 3.63) is 65.2 Å². The fourth-order valence-corrected chi connectivity index (χ4v) is 3.75. The Balaban J connectivity index is 1.76. The monoisotopic (exact) mass is 364 g/mol. The number of nitrogens with one attached hydrogen (secondary N) is 1. The first-order valence-electron chi connectivity index (χ1n) is 9.03. The minimum Gasteiger partial charge on any atom is -0.363 e. The van der Waals surface area contributed by atoms with Crippen molar-refractivity contribution in [2.75, 3.05) is 11.9 Å². The third-order valence-electron chi connectivity index (χ3n) is 5.16. The molecule has 0 spiro atoms. The SMILES string of the molecule is CC(=O)N1CCC(Nc2ncnc3cccc(C)c23)c2ccc(F)cc2C1. The molecule has 6 heteroatoms. The number of hydrogen-bond acceptors (Lipinski definition) is 4. The summed E-state index contributed by atoms with van der Waals surface area (Å²) in [7, 11) is 0. The number of aryl methyl sites for hydroxylation is 1. The summed E-state index contributed by atoms with van der Waals surface area (Å²) in [5, 5.41) is 4.51. The van der Waals surface area contributed by atoms with E-state index in [0.717, 1.165) is 39.8 Å². The largest absolute Gasteiger partial charge is 0.363 e. The van der Waals surface area contributed by atoms with Crippen molar-refractivity contribution in [3.63, 3.8) is 0 Å². The molecule has 2 heterocycles. The number of aromatic nitrogens is 2. The Kier molecular flexibility index (Phi) is 4.48. The second-order valence-electron chi connectivity index (χ2n) is 6.96. The minimum atomic E-state index is -0.291. The molecular formula is C21H21FN4O. The van der Waals surface area contributed by atoms with Crippen LogP contribution in [0, 0.1) is 12.7 Å². The zero-order chi connectivity index (χ0) is 19.0. The van der Waals surface area contributed by atoms with Gasteiger partial charge < -0.3 is 10.2 Å². The van der Waals surface area contributed by atoms with Crippen LogP contribution in [0.4, 0.5) is 10.2 Å². The number of rotatable bonds is 2. The highest BCUT2D eigenvalue weighted by Crippen LogP contribution is 2.32. The van der Waals surface area contributed by atoms with Crippen molar-refractivity contribution in [1.29, 1.82) is 0 Å². The first-order valence-corrected chi connectivity index (χ1v) is 9.03. The van der Waals surface area contributed by atoms with Crippen molar-refractivity contribution < 1.29 is 9.18 Å². The van der Waals surface area contributed by atoms with Crippen LogP contribution in [0.25, 0.3) is 10.9 Å². The van der Waals surface area contributed by atoms with Gasteiger partial charge in [-0.05, 0) is 48.2 Å². The van der Waals surface area contributed by atoms with Gasteiger partial charge in [-0.2, -0.15) is 0 Å². The maximum Gasteiger partial charge on any atom is 0.219 e. The van der Waals surface area contributed by atoms with Crippen LogP contribution >= 0.6 is 0 Å². The van der Waals surface area contributed by atoms with E-state index >= 15 is 0 Å². The standard InChI is InChI=1S/C21H21FN4O/c1-13-4-3-5-19-20(13)21(24-12-23-19)25-18-8-9-26(14(2)27)11-15-10-16(22)6-7-17(15)18/h3-7,10,12,18H,8-9,11H2,1-2H3,(H,23,24,25). The summed E-state index contributed by atoms with van der Waals surface area (Å²) in [4.78, 5) is 22.5. The zero-order valence-electron chi connectivity index (χ0n) is 15.4. The van der Waals surface area contributed by atoms with Crippen molar-refractivity contribution in [2.24, 2.45) is 0 Å². The molecule has 5 nitrogen and oxygen atoms in total. The lowest BCUT2D eigenvalue weighted by molar-refractivity contribution is -0.129. The Morgan fingerprint density at radius 3 is 2.93 bits per heavy atom. The van der Waals surface area contributed by atoms with Crippen LogP contribution < -0.4 is 5.32 Å². The van der Waals surface area contributed by atoms with Crippen molar-refractivity contribution >= 4 is 22.6 Å². The maximum atomic E-state index is 13.8. The average Bonchev–Trinajstić information content (AvgIpc) is 2.81. The second kappa shape index (κ2) is 6.95. The van der Waals surface area contributed by atoms with Crippen molar-refractivity contribution in [3.8, 4) is 0 Å². The lowest BCUT2D eigenvalue weighted by Crippen LogP contribution is -2.28. The highest BCUT2D eigenvalue weighted by Gasteiger charge is 2.25. The van der Waals surface area contributed by atoms with Gasteiger partial charge in [0.05, 0.1) is 11.6 Å². The highest BCUT2D eigenvalue weighted by atomic mass is 19.1. The summed E-state index contributed by atoms with van der Waals surface area (Å²) < 4.78 is 13.8. The fourth-order valence-electron chi connectivity index (χ4n) is 3.75. The van der Waals surface area contributed by atoms with Gasteiger partial charge in [0.25, 0.3) is 0 Å². The Morgan fingerprint density at radius 1 is 1.26 bits per heavy atom. The number of halogens is 1. The number of carbonyl (C=O) groups is 1. The molecule has 0 bridgehead atoms. The summed E-state index contributed by atoms with van der Waals surface area (Å²) >= 11 is 0. The predicted octanol–water partition coefficient (Wildman–Crippen LogP) is 3.98. The Labute approximate surface area is 157 Å². The Bertz CT molecular complexity index is 1010. The number of amides is 1. The van der Waals surface area contributed by atoms with Crippen LogP contribution in [0.1, 0.15) is 36.1 Å². The minimum absolute atomic E-state index is 0.00538. The second-order valence-corrected chi connectivity index (χ2v) is 6.96. The summed E-state index contributed by atoms with van der Waals surface area (Å²) in [6, 6.07) is 10.7. The van der Waals surface area contributed by atoms with Gasteiger partial charge in [-0.15, -0.1) is 0 Å². The van der Waals surface area contributed by atoms with Gasteiger partial charge in [0.1, 0.15) is 18.0 Å². The molecular weight excluding hydrogens is 343 g/mol. The molecule has 4 rings (SSSR count). The van der Waals surface area contributed by atoms with E-state index in [2.05, 4.69) is 15.3 Å². The molecule has 1 N–H and O–H groups in total. The van der Waals surface area contributed by atoms with E-state index in [1.54, 1.807) is 18.2 Å². The lowest BCUT2D eigenvalue weighted by atomic mass is 9.98.